The van der Waals surface area contributed by atoms with Crippen LogP contribution in [0.1, 0.15) is 32.8 Å². The van der Waals surface area contributed by atoms with Gasteiger partial charge in [-0.3, -0.25) is 0 Å². The maximum absolute atomic E-state index is 12.4. The number of hydrogen-bond donors (Lipinski definition) is 0. The van der Waals surface area contributed by atoms with E-state index in [0.29, 0.717) is 22.1 Å². The summed E-state index contributed by atoms with van der Waals surface area (Å²) in [6.45, 7) is 5.23. The fourth-order valence-electron chi connectivity index (χ4n) is 1.91. The molecule has 0 unspecified atom stereocenters. The van der Waals surface area contributed by atoms with E-state index in [0.717, 1.165) is 5.56 Å². The number of benzene rings is 1. The molecule has 1 aromatic carbocycles. The first kappa shape index (κ1) is 19.5. The molecule has 0 N–H and O–H groups in total. The highest BCUT2D eigenvalue weighted by atomic mass is 79.9. The molecule has 0 aromatic heterocycles. The van der Waals surface area contributed by atoms with E-state index in [9.17, 15) is 8.42 Å². The monoisotopic (exact) mass is 458 g/mol. The highest BCUT2D eigenvalue weighted by Gasteiger charge is 2.35. The molecular formula is C15H21Br2ClO2S. The summed E-state index contributed by atoms with van der Waals surface area (Å²) in [5, 5.41) is 2.05. The Kier molecular flexibility index (Phi) is 6.79. The highest BCUT2D eigenvalue weighted by Crippen LogP contribution is 2.34. The van der Waals surface area contributed by atoms with Crippen molar-refractivity contribution in [2.75, 3.05) is 16.4 Å². The van der Waals surface area contributed by atoms with Crippen molar-refractivity contribution in [3.63, 3.8) is 0 Å². The maximum atomic E-state index is 12.4. The summed E-state index contributed by atoms with van der Waals surface area (Å²) in [6.07, 6.45) is 0.560. The molecule has 0 bridgehead atoms. The van der Waals surface area contributed by atoms with Gasteiger partial charge < -0.3 is 0 Å². The van der Waals surface area contributed by atoms with Gasteiger partial charge in [0, 0.05) is 21.1 Å². The van der Waals surface area contributed by atoms with Crippen LogP contribution in [0.15, 0.2) is 24.3 Å². The molecular weight excluding hydrogens is 439 g/mol. The third-order valence-corrected chi connectivity index (χ3v) is 8.76. The maximum Gasteiger partial charge on any atom is 0.155 e. The van der Waals surface area contributed by atoms with Gasteiger partial charge in [0.2, 0.25) is 0 Å². The van der Waals surface area contributed by atoms with E-state index in [1.54, 1.807) is 20.8 Å². The molecule has 21 heavy (non-hydrogen) atoms. The van der Waals surface area contributed by atoms with E-state index in [1.807, 2.05) is 24.3 Å². The number of sulfone groups is 1. The topological polar surface area (TPSA) is 34.1 Å². The largest absolute Gasteiger partial charge is 0.228 e. The van der Waals surface area contributed by atoms with Crippen molar-refractivity contribution in [2.24, 2.45) is 0 Å². The summed E-state index contributed by atoms with van der Waals surface area (Å²) in [6, 6.07) is 7.62. The summed E-state index contributed by atoms with van der Waals surface area (Å²) < 4.78 is 24.0. The van der Waals surface area contributed by atoms with E-state index in [1.165, 1.54) is 0 Å². The van der Waals surface area contributed by atoms with E-state index in [2.05, 4.69) is 31.9 Å². The fourth-order valence-corrected chi connectivity index (χ4v) is 5.44. The van der Waals surface area contributed by atoms with Crippen LogP contribution in [0.25, 0.3) is 0 Å². The molecule has 2 nitrogen and oxygen atoms in total. The molecule has 0 fully saturated rings. The quantitative estimate of drug-likeness (QED) is 0.562. The minimum atomic E-state index is -3.14. The molecule has 0 amide bonds. The first-order chi connectivity index (χ1) is 9.58. The van der Waals surface area contributed by atoms with Crippen LogP contribution in [0, 0.1) is 0 Å². The van der Waals surface area contributed by atoms with Crippen molar-refractivity contribution in [3.8, 4) is 0 Å². The SMILES string of the molecule is CC(C)(C)S(=O)(=O)CCC(CBr)(CBr)c1ccc(Cl)cc1. The summed E-state index contributed by atoms with van der Waals surface area (Å²) in [5.41, 5.74) is 0.827. The van der Waals surface area contributed by atoms with Crippen LogP contribution in [0.2, 0.25) is 5.02 Å². The van der Waals surface area contributed by atoms with Gasteiger partial charge in [0.15, 0.2) is 9.84 Å². The first-order valence-electron chi connectivity index (χ1n) is 6.68. The van der Waals surface area contributed by atoms with Gasteiger partial charge >= 0.3 is 0 Å². The summed E-state index contributed by atoms with van der Waals surface area (Å²) in [7, 11) is -3.14. The second-order valence-corrected chi connectivity index (χ2v) is 10.7. The molecule has 1 aromatic rings. The van der Waals surface area contributed by atoms with Gasteiger partial charge in [0.1, 0.15) is 0 Å². The molecule has 6 heteroatoms. The smallest absolute Gasteiger partial charge is 0.155 e. The predicted octanol–water partition coefficient (Wildman–Crippen LogP) is 4.97. The average molecular weight is 461 g/mol. The number of hydrogen-bond acceptors (Lipinski definition) is 2. The second kappa shape index (κ2) is 7.33. The Morgan fingerprint density at radius 1 is 1.05 bits per heavy atom. The predicted molar refractivity (Wildman–Crippen MR) is 98.9 cm³/mol. The van der Waals surface area contributed by atoms with Crippen LogP contribution in [-0.2, 0) is 15.3 Å². The lowest BCUT2D eigenvalue weighted by Gasteiger charge is -2.32. The van der Waals surface area contributed by atoms with Crippen LogP contribution in [0.3, 0.4) is 0 Å². The van der Waals surface area contributed by atoms with Crippen LogP contribution in [0.5, 0.6) is 0 Å². The lowest BCUT2D eigenvalue weighted by Crippen LogP contribution is -2.37. The Labute approximate surface area is 149 Å². The van der Waals surface area contributed by atoms with Crippen molar-refractivity contribution < 1.29 is 8.42 Å². The van der Waals surface area contributed by atoms with Crippen molar-refractivity contribution >= 4 is 53.3 Å². The molecule has 0 radical (unpaired) electrons. The van der Waals surface area contributed by atoms with Crippen LogP contribution in [-0.4, -0.2) is 29.6 Å². The lowest BCUT2D eigenvalue weighted by molar-refractivity contribution is 0.512. The Balaban J connectivity index is 3.05. The third-order valence-electron chi connectivity index (χ3n) is 3.75. The van der Waals surface area contributed by atoms with Gasteiger partial charge in [0.25, 0.3) is 0 Å². The van der Waals surface area contributed by atoms with Crippen LogP contribution >= 0.6 is 43.5 Å². The molecule has 0 atom stereocenters. The van der Waals surface area contributed by atoms with Gasteiger partial charge in [0.05, 0.1) is 10.5 Å². The van der Waals surface area contributed by atoms with Crippen LogP contribution < -0.4 is 0 Å². The van der Waals surface area contributed by atoms with E-state index in [-0.39, 0.29) is 11.2 Å². The molecule has 0 aliphatic rings. The van der Waals surface area contributed by atoms with Gasteiger partial charge in [-0.1, -0.05) is 55.6 Å². The molecule has 0 aliphatic carbocycles. The van der Waals surface area contributed by atoms with Crippen molar-refractivity contribution in [2.45, 2.75) is 37.4 Å². The zero-order valence-electron chi connectivity index (χ0n) is 12.5. The van der Waals surface area contributed by atoms with Gasteiger partial charge in [-0.05, 0) is 44.9 Å². The van der Waals surface area contributed by atoms with E-state index >= 15 is 0 Å². The number of rotatable bonds is 6. The summed E-state index contributed by atoms with van der Waals surface area (Å²) >= 11 is 13.0. The van der Waals surface area contributed by atoms with E-state index < -0.39 is 14.6 Å². The fraction of sp³-hybridized carbons (Fsp3) is 0.600. The Bertz CT molecular complexity index is 558. The molecule has 120 valence electrons. The Hall–Kier alpha value is 0.420. The molecule has 0 spiro atoms. The van der Waals surface area contributed by atoms with E-state index in [4.69, 9.17) is 11.6 Å². The third kappa shape index (κ3) is 4.69. The van der Waals surface area contributed by atoms with Crippen molar-refractivity contribution in [1.29, 1.82) is 0 Å². The van der Waals surface area contributed by atoms with Gasteiger partial charge in [-0.2, -0.15) is 0 Å². The highest BCUT2D eigenvalue weighted by molar-refractivity contribution is 9.09. The molecule has 0 aliphatic heterocycles. The molecule has 0 saturated heterocycles. The minimum absolute atomic E-state index is 0.163. The average Bonchev–Trinajstić information content (AvgIpc) is 2.41. The standard InChI is InChI=1S/C15H21Br2ClO2S/c1-14(2,3)21(19,20)9-8-15(10-16,11-17)12-4-6-13(18)7-5-12/h4-7H,8-11H2,1-3H3. The Morgan fingerprint density at radius 3 is 1.90 bits per heavy atom. The zero-order valence-corrected chi connectivity index (χ0v) is 17.2. The zero-order chi connectivity index (χ0) is 16.3. The van der Waals surface area contributed by atoms with Crippen molar-refractivity contribution in [3.05, 3.63) is 34.9 Å². The summed E-state index contributed by atoms with van der Waals surface area (Å²) in [5.74, 6) is 0.163. The number of halogens is 3. The second-order valence-electron chi connectivity index (χ2n) is 6.24. The lowest BCUT2D eigenvalue weighted by atomic mass is 9.82. The minimum Gasteiger partial charge on any atom is -0.228 e. The first-order valence-corrected chi connectivity index (χ1v) is 11.0. The normalized spacial score (nSPS) is 13.4. The summed E-state index contributed by atoms with van der Waals surface area (Å²) in [4.78, 5) is 0. The molecule has 0 saturated carbocycles. The molecule has 1 rings (SSSR count). The molecule has 0 heterocycles. The Morgan fingerprint density at radius 2 is 1.52 bits per heavy atom. The number of alkyl halides is 2. The van der Waals surface area contributed by atoms with Gasteiger partial charge in [-0.25, -0.2) is 8.42 Å². The van der Waals surface area contributed by atoms with Gasteiger partial charge in [-0.15, -0.1) is 0 Å². The van der Waals surface area contributed by atoms with Crippen molar-refractivity contribution in [1.82, 2.24) is 0 Å². The van der Waals surface area contributed by atoms with Crippen LogP contribution in [0.4, 0.5) is 0 Å².